The zero-order chi connectivity index (χ0) is 15.0. The van der Waals surface area contributed by atoms with Gasteiger partial charge in [-0.2, -0.15) is 0 Å². The Morgan fingerprint density at radius 3 is 2.45 bits per heavy atom. The zero-order valence-electron chi connectivity index (χ0n) is 11.5. The molecule has 1 aliphatic heterocycles. The van der Waals surface area contributed by atoms with Gasteiger partial charge in [-0.3, -0.25) is 4.90 Å². The fourth-order valence-electron chi connectivity index (χ4n) is 2.17. The molecule has 0 unspecified atom stereocenters. The van der Waals surface area contributed by atoms with Gasteiger partial charge in [-0.15, -0.1) is 0 Å². The number of aliphatic hydroxyl groups excluding tert-OH is 2. The minimum absolute atomic E-state index is 0.00838. The van der Waals surface area contributed by atoms with E-state index in [4.69, 9.17) is 15.3 Å². The summed E-state index contributed by atoms with van der Waals surface area (Å²) in [7, 11) is 0. The molecule has 1 atom stereocenters. The first kappa shape index (κ1) is 16.7. The lowest BCUT2D eigenvalue weighted by Gasteiger charge is -2.24. The van der Waals surface area contributed by atoms with E-state index in [9.17, 15) is 9.59 Å². The topological polar surface area (TPSA) is 113 Å². The van der Waals surface area contributed by atoms with Crippen LogP contribution in [0.15, 0.2) is 0 Å². The van der Waals surface area contributed by atoms with Gasteiger partial charge in [-0.25, -0.2) is 9.59 Å². The predicted octanol–water partition coefficient (Wildman–Crippen LogP) is -1.47. The minimum Gasteiger partial charge on any atom is -0.480 e. The Kier molecular flexibility index (Phi) is 7.27. The number of carbonyl (C=O) groups is 2. The van der Waals surface area contributed by atoms with E-state index in [1.165, 1.54) is 0 Å². The molecule has 0 aromatic carbocycles. The van der Waals surface area contributed by atoms with Crippen molar-refractivity contribution in [2.24, 2.45) is 0 Å². The molecule has 4 N–H and O–H groups in total. The average Bonchev–Trinajstić information content (AvgIpc) is 2.64. The maximum atomic E-state index is 12.0. The van der Waals surface area contributed by atoms with Gasteiger partial charge >= 0.3 is 12.0 Å². The summed E-state index contributed by atoms with van der Waals surface area (Å²) in [5.41, 5.74) is 0. The predicted molar refractivity (Wildman–Crippen MR) is 71.4 cm³/mol. The maximum absolute atomic E-state index is 12.0. The van der Waals surface area contributed by atoms with Crippen molar-refractivity contribution in [1.29, 1.82) is 0 Å². The fraction of sp³-hybridized carbons (Fsp3) is 0.833. The lowest BCUT2D eigenvalue weighted by molar-refractivity contribution is -0.139. The van der Waals surface area contributed by atoms with Gasteiger partial charge in [0.2, 0.25) is 0 Å². The summed E-state index contributed by atoms with van der Waals surface area (Å²) < 4.78 is 0. The molecule has 1 rings (SSSR count). The third-order valence-corrected chi connectivity index (χ3v) is 3.31. The maximum Gasteiger partial charge on any atom is 0.326 e. The zero-order valence-corrected chi connectivity index (χ0v) is 11.5. The van der Waals surface area contributed by atoms with Crippen molar-refractivity contribution in [1.82, 2.24) is 15.1 Å². The molecule has 8 heteroatoms. The van der Waals surface area contributed by atoms with Gasteiger partial charge in [-0.05, 0) is 13.0 Å². The van der Waals surface area contributed by atoms with Gasteiger partial charge in [0.1, 0.15) is 6.04 Å². The third kappa shape index (κ3) is 5.32. The van der Waals surface area contributed by atoms with Crippen LogP contribution >= 0.6 is 0 Å². The molecule has 8 nitrogen and oxygen atoms in total. The van der Waals surface area contributed by atoms with E-state index in [1.54, 1.807) is 4.90 Å². The van der Waals surface area contributed by atoms with Gasteiger partial charge in [0, 0.05) is 39.2 Å². The molecule has 0 aromatic rings. The van der Waals surface area contributed by atoms with Gasteiger partial charge < -0.3 is 25.5 Å². The van der Waals surface area contributed by atoms with E-state index in [2.05, 4.69) is 10.2 Å². The number of hydrogen-bond donors (Lipinski definition) is 4. The van der Waals surface area contributed by atoms with Gasteiger partial charge in [-0.1, -0.05) is 0 Å². The molecule has 20 heavy (non-hydrogen) atoms. The Bertz CT molecular complexity index is 326. The summed E-state index contributed by atoms with van der Waals surface area (Å²) in [6, 6.07) is -1.49. The molecule has 0 aliphatic carbocycles. The van der Waals surface area contributed by atoms with Crippen LogP contribution in [0.25, 0.3) is 0 Å². The van der Waals surface area contributed by atoms with E-state index in [-0.39, 0.29) is 19.6 Å². The Labute approximate surface area is 118 Å². The van der Waals surface area contributed by atoms with E-state index in [1.807, 2.05) is 0 Å². The summed E-state index contributed by atoms with van der Waals surface area (Å²) in [6.45, 7) is 2.90. The van der Waals surface area contributed by atoms with Crippen LogP contribution in [-0.2, 0) is 4.79 Å². The van der Waals surface area contributed by atoms with Crippen LogP contribution in [0.2, 0.25) is 0 Å². The van der Waals surface area contributed by atoms with Crippen molar-refractivity contribution >= 4 is 12.0 Å². The molecular weight excluding hydrogens is 266 g/mol. The molecule has 1 aliphatic rings. The van der Waals surface area contributed by atoms with Gasteiger partial charge in [0.05, 0.1) is 6.61 Å². The molecule has 0 radical (unpaired) electrons. The Hall–Kier alpha value is -1.38. The molecule has 2 amide bonds. The second-order valence-corrected chi connectivity index (χ2v) is 4.76. The first-order valence-corrected chi connectivity index (χ1v) is 6.80. The highest BCUT2D eigenvalue weighted by atomic mass is 16.4. The lowest BCUT2D eigenvalue weighted by atomic mass is 10.2. The average molecular weight is 289 g/mol. The fourth-order valence-corrected chi connectivity index (χ4v) is 2.17. The number of nitrogens with one attached hydrogen (secondary N) is 1. The highest BCUT2D eigenvalue weighted by Gasteiger charge is 2.24. The van der Waals surface area contributed by atoms with Crippen LogP contribution in [0.5, 0.6) is 0 Å². The number of urea groups is 1. The highest BCUT2D eigenvalue weighted by molar-refractivity contribution is 5.82. The van der Waals surface area contributed by atoms with E-state index in [0.29, 0.717) is 26.2 Å². The SMILES string of the molecule is O=C(O)[C@@H](CCO)NC(=O)N1CCCN(CCO)CC1. The van der Waals surface area contributed by atoms with Gasteiger partial charge in [0.15, 0.2) is 0 Å². The van der Waals surface area contributed by atoms with E-state index in [0.717, 1.165) is 13.0 Å². The summed E-state index contributed by atoms with van der Waals surface area (Å²) in [4.78, 5) is 26.6. The first-order chi connectivity index (χ1) is 9.58. The molecule has 0 spiro atoms. The monoisotopic (exact) mass is 289 g/mol. The van der Waals surface area contributed by atoms with E-state index >= 15 is 0 Å². The summed E-state index contributed by atoms with van der Waals surface area (Å²) >= 11 is 0. The number of amides is 2. The van der Waals surface area contributed by atoms with Crippen LogP contribution in [0.1, 0.15) is 12.8 Å². The molecule has 1 saturated heterocycles. The number of aliphatic hydroxyl groups is 2. The second kappa shape index (κ2) is 8.72. The number of nitrogens with zero attached hydrogens (tertiary/aromatic N) is 2. The number of aliphatic carboxylic acids is 1. The molecule has 116 valence electrons. The standard InChI is InChI=1S/C12H23N3O5/c16-8-2-10(11(18)19)13-12(20)15-4-1-3-14(5-6-15)7-9-17/h10,16-17H,1-9H2,(H,13,20)(H,18,19)/t10-/m1/s1. The van der Waals surface area contributed by atoms with Crippen LogP contribution < -0.4 is 5.32 Å². The Morgan fingerprint density at radius 2 is 1.85 bits per heavy atom. The number of carboxylic acids is 1. The van der Waals surface area contributed by atoms with Crippen molar-refractivity contribution in [3.63, 3.8) is 0 Å². The van der Waals surface area contributed by atoms with Gasteiger partial charge in [0.25, 0.3) is 0 Å². The van der Waals surface area contributed by atoms with Crippen molar-refractivity contribution < 1.29 is 24.9 Å². The number of carboxylic acid groups (broad SMARTS) is 1. The first-order valence-electron chi connectivity index (χ1n) is 6.80. The third-order valence-electron chi connectivity index (χ3n) is 3.31. The van der Waals surface area contributed by atoms with Crippen LogP contribution in [0, 0.1) is 0 Å². The minimum atomic E-state index is -1.15. The molecule has 1 fully saturated rings. The lowest BCUT2D eigenvalue weighted by Crippen LogP contribution is -2.49. The summed E-state index contributed by atoms with van der Waals surface area (Å²) in [5.74, 6) is -1.15. The largest absolute Gasteiger partial charge is 0.480 e. The molecule has 0 bridgehead atoms. The Balaban J connectivity index is 2.48. The summed E-state index contributed by atoms with van der Waals surface area (Å²) in [6.07, 6.45) is 0.775. The highest BCUT2D eigenvalue weighted by Crippen LogP contribution is 2.04. The van der Waals surface area contributed by atoms with Crippen molar-refractivity contribution in [3.8, 4) is 0 Å². The summed E-state index contributed by atoms with van der Waals surface area (Å²) in [5, 5.41) is 29.1. The quantitative estimate of drug-likeness (QED) is 0.475. The van der Waals surface area contributed by atoms with Crippen LogP contribution in [-0.4, -0.2) is 89.1 Å². The van der Waals surface area contributed by atoms with E-state index < -0.39 is 18.0 Å². The number of carbonyl (C=O) groups excluding carboxylic acids is 1. The number of hydrogen-bond acceptors (Lipinski definition) is 5. The normalized spacial score (nSPS) is 18.4. The van der Waals surface area contributed by atoms with Crippen molar-refractivity contribution in [3.05, 3.63) is 0 Å². The molecular formula is C12H23N3O5. The smallest absolute Gasteiger partial charge is 0.326 e. The van der Waals surface area contributed by atoms with Crippen molar-refractivity contribution in [2.75, 3.05) is 45.9 Å². The van der Waals surface area contributed by atoms with Crippen LogP contribution in [0.3, 0.4) is 0 Å². The van der Waals surface area contributed by atoms with Crippen molar-refractivity contribution in [2.45, 2.75) is 18.9 Å². The molecule has 1 heterocycles. The number of rotatable bonds is 6. The Morgan fingerprint density at radius 1 is 1.10 bits per heavy atom. The number of β-amino-alcohol motifs (C(OH)–C–C–N with tert-alkyl or cyclic N) is 1. The molecule has 0 aromatic heterocycles. The second-order valence-electron chi connectivity index (χ2n) is 4.76. The molecule has 0 saturated carbocycles. The van der Waals surface area contributed by atoms with Crippen LogP contribution in [0.4, 0.5) is 4.79 Å².